The number of halogens is 1. The summed E-state index contributed by atoms with van der Waals surface area (Å²) in [6.07, 6.45) is 6.77. The van der Waals surface area contributed by atoms with E-state index in [1.54, 1.807) is 35.4 Å². The van der Waals surface area contributed by atoms with Crippen LogP contribution in [0.2, 0.25) is 0 Å². The SMILES string of the molecule is Fc1cc(CNC[C@@H]2CNc3ccnn3C2)ccc1-n1ccnc1. The molecule has 7 heteroatoms. The molecule has 2 aromatic heterocycles. The van der Waals surface area contributed by atoms with Crippen LogP contribution in [0.15, 0.2) is 49.2 Å². The highest BCUT2D eigenvalue weighted by Gasteiger charge is 2.17. The van der Waals surface area contributed by atoms with Crippen LogP contribution in [0.4, 0.5) is 10.2 Å². The molecule has 3 heterocycles. The summed E-state index contributed by atoms with van der Waals surface area (Å²) in [7, 11) is 0. The number of hydrogen-bond acceptors (Lipinski definition) is 4. The first-order valence-corrected chi connectivity index (χ1v) is 8.03. The molecule has 4 rings (SSSR count). The molecule has 1 atom stereocenters. The summed E-state index contributed by atoms with van der Waals surface area (Å²) in [4.78, 5) is 3.95. The maximum absolute atomic E-state index is 14.2. The molecule has 24 heavy (non-hydrogen) atoms. The maximum atomic E-state index is 14.2. The molecule has 0 unspecified atom stereocenters. The molecule has 0 aliphatic carbocycles. The Morgan fingerprint density at radius 2 is 2.25 bits per heavy atom. The summed E-state index contributed by atoms with van der Waals surface area (Å²) in [5.74, 6) is 1.30. The lowest BCUT2D eigenvalue weighted by Gasteiger charge is -2.25. The van der Waals surface area contributed by atoms with Gasteiger partial charge in [0.05, 0.1) is 18.2 Å². The van der Waals surface area contributed by atoms with Gasteiger partial charge in [-0.15, -0.1) is 0 Å². The number of hydrogen-bond donors (Lipinski definition) is 2. The van der Waals surface area contributed by atoms with Gasteiger partial charge in [0.2, 0.25) is 0 Å². The number of imidazole rings is 1. The topological polar surface area (TPSA) is 59.7 Å². The summed E-state index contributed by atoms with van der Waals surface area (Å²) in [6, 6.07) is 7.28. The van der Waals surface area contributed by atoms with Crippen molar-refractivity contribution in [2.45, 2.75) is 13.1 Å². The van der Waals surface area contributed by atoms with Crippen LogP contribution in [0, 0.1) is 11.7 Å². The lowest BCUT2D eigenvalue weighted by Crippen LogP contribution is -2.35. The maximum Gasteiger partial charge on any atom is 0.147 e. The highest BCUT2D eigenvalue weighted by Crippen LogP contribution is 2.17. The van der Waals surface area contributed by atoms with Gasteiger partial charge in [-0.3, -0.25) is 0 Å². The summed E-state index contributed by atoms with van der Waals surface area (Å²) in [5, 5.41) is 11.1. The minimum atomic E-state index is -0.243. The van der Waals surface area contributed by atoms with Crippen molar-refractivity contribution in [3.63, 3.8) is 0 Å². The van der Waals surface area contributed by atoms with Crippen LogP contribution in [-0.2, 0) is 13.1 Å². The smallest absolute Gasteiger partial charge is 0.147 e. The number of rotatable bonds is 5. The second kappa shape index (κ2) is 6.45. The van der Waals surface area contributed by atoms with Crippen molar-refractivity contribution in [1.82, 2.24) is 24.6 Å². The van der Waals surface area contributed by atoms with E-state index in [9.17, 15) is 4.39 Å². The Morgan fingerprint density at radius 3 is 3.08 bits per heavy atom. The van der Waals surface area contributed by atoms with Crippen molar-refractivity contribution in [3.8, 4) is 5.69 Å². The average molecular weight is 326 g/mol. The second-order valence-electron chi connectivity index (χ2n) is 6.03. The quantitative estimate of drug-likeness (QED) is 0.753. The predicted molar refractivity (Wildman–Crippen MR) is 89.4 cm³/mol. The van der Waals surface area contributed by atoms with E-state index in [2.05, 4.69) is 20.7 Å². The number of anilines is 1. The largest absolute Gasteiger partial charge is 0.370 e. The lowest BCUT2D eigenvalue weighted by atomic mass is 10.1. The van der Waals surface area contributed by atoms with Gasteiger partial charge in [0, 0.05) is 50.6 Å². The van der Waals surface area contributed by atoms with Gasteiger partial charge in [0.1, 0.15) is 11.6 Å². The summed E-state index contributed by atoms with van der Waals surface area (Å²) < 4.78 is 17.9. The van der Waals surface area contributed by atoms with Gasteiger partial charge in [0.15, 0.2) is 0 Å². The van der Waals surface area contributed by atoms with E-state index in [0.717, 1.165) is 31.0 Å². The van der Waals surface area contributed by atoms with Crippen LogP contribution in [0.5, 0.6) is 0 Å². The molecule has 0 radical (unpaired) electrons. The van der Waals surface area contributed by atoms with Crippen molar-refractivity contribution in [1.29, 1.82) is 0 Å². The molecular formula is C17H19FN6. The van der Waals surface area contributed by atoms with E-state index in [4.69, 9.17) is 0 Å². The van der Waals surface area contributed by atoms with Gasteiger partial charge < -0.3 is 15.2 Å². The summed E-state index contributed by atoms with van der Waals surface area (Å²) in [6.45, 7) is 3.32. The second-order valence-corrected chi connectivity index (χ2v) is 6.03. The summed E-state index contributed by atoms with van der Waals surface area (Å²) in [5.41, 5.74) is 1.44. The molecule has 0 fully saturated rings. The first-order chi connectivity index (χ1) is 11.8. The fraction of sp³-hybridized carbons (Fsp3) is 0.294. The number of nitrogens with one attached hydrogen (secondary N) is 2. The molecule has 1 aromatic carbocycles. The Kier molecular flexibility index (Phi) is 4.00. The zero-order valence-electron chi connectivity index (χ0n) is 13.2. The highest BCUT2D eigenvalue weighted by atomic mass is 19.1. The Labute approximate surface area is 139 Å². The number of aromatic nitrogens is 4. The van der Waals surface area contributed by atoms with Crippen molar-refractivity contribution in [2.24, 2.45) is 5.92 Å². The Hall–Kier alpha value is -2.67. The van der Waals surface area contributed by atoms with Crippen molar-refractivity contribution in [2.75, 3.05) is 18.4 Å². The third-order valence-electron chi connectivity index (χ3n) is 4.28. The Bertz CT molecular complexity index is 810. The Morgan fingerprint density at radius 1 is 1.29 bits per heavy atom. The van der Waals surface area contributed by atoms with E-state index in [0.29, 0.717) is 18.2 Å². The molecule has 0 saturated carbocycles. The van der Waals surface area contributed by atoms with Gasteiger partial charge in [-0.1, -0.05) is 6.07 Å². The van der Waals surface area contributed by atoms with Crippen molar-refractivity contribution < 1.29 is 4.39 Å². The number of nitrogens with zero attached hydrogens (tertiary/aromatic N) is 4. The van der Waals surface area contributed by atoms with Crippen molar-refractivity contribution in [3.05, 3.63) is 60.6 Å². The highest BCUT2D eigenvalue weighted by molar-refractivity contribution is 5.37. The van der Waals surface area contributed by atoms with Crippen molar-refractivity contribution >= 4 is 5.82 Å². The molecule has 0 bridgehead atoms. The molecule has 0 spiro atoms. The minimum absolute atomic E-state index is 0.243. The normalized spacial score (nSPS) is 16.6. The monoisotopic (exact) mass is 326 g/mol. The van der Waals surface area contributed by atoms with Crippen LogP contribution >= 0.6 is 0 Å². The molecule has 2 N–H and O–H groups in total. The van der Waals surface area contributed by atoms with Gasteiger partial charge >= 0.3 is 0 Å². The summed E-state index contributed by atoms with van der Waals surface area (Å²) >= 11 is 0. The zero-order valence-corrected chi connectivity index (χ0v) is 13.2. The molecular weight excluding hydrogens is 307 g/mol. The van der Waals surface area contributed by atoms with Crippen LogP contribution in [-0.4, -0.2) is 32.4 Å². The molecule has 0 amide bonds. The van der Waals surface area contributed by atoms with E-state index in [-0.39, 0.29) is 5.82 Å². The average Bonchev–Trinajstić information content (AvgIpc) is 3.26. The fourth-order valence-corrected chi connectivity index (χ4v) is 3.02. The first-order valence-electron chi connectivity index (χ1n) is 8.03. The zero-order chi connectivity index (χ0) is 16.4. The van der Waals surface area contributed by atoms with Crippen LogP contribution in [0.25, 0.3) is 5.69 Å². The van der Waals surface area contributed by atoms with Gasteiger partial charge in [-0.2, -0.15) is 5.10 Å². The van der Waals surface area contributed by atoms with E-state index >= 15 is 0 Å². The molecule has 124 valence electrons. The third-order valence-corrected chi connectivity index (χ3v) is 4.28. The van der Waals surface area contributed by atoms with Crippen LogP contribution in [0.3, 0.4) is 0 Å². The predicted octanol–water partition coefficient (Wildman–Crippen LogP) is 2.04. The number of fused-ring (bicyclic) bond motifs is 1. The molecule has 1 aliphatic heterocycles. The van der Waals surface area contributed by atoms with Gasteiger partial charge in [0.25, 0.3) is 0 Å². The van der Waals surface area contributed by atoms with E-state index < -0.39 is 0 Å². The standard InChI is InChI=1S/C17H19FN6/c18-15-7-13(1-2-16(15)23-6-5-19-12-23)8-20-9-14-10-21-17-3-4-22-24(17)11-14/h1-7,12,14,20-21H,8-11H2/t14-/m1/s1. The van der Waals surface area contributed by atoms with Gasteiger partial charge in [-0.25, -0.2) is 14.1 Å². The fourth-order valence-electron chi connectivity index (χ4n) is 3.02. The van der Waals surface area contributed by atoms with Crippen LogP contribution < -0.4 is 10.6 Å². The molecule has 1 aliphatic rings. The first kappa shape index (κ1) is 14.9. The molecule has 0 saturated heterocycles. The minimum Gasteiger partial charge on any atom is -0.370 e. The van der Waals surface area contributed by atoms with Crippen LogP contribution in [0.1, 0.15) is 5.56 Å². The van der Waals surface area contributed by atoms with Gasteiger partial charge in [-0.05, 0) is 17.7 Å². The van der Waals surface area contributed by atoms with E-state index in [1.807, 2.05) is 23.0 Å². The lowest BCUT2D eigenvalue weighted by molar-refractivity contribution is 0.391. The van der Waals surface area contributed by atoms with E-state index in [1.165, 1.54) is 0 Å². The molecule has 6 nitrogen and oxygen atoms in total. The third kappa shape index (κ3) is 3.03. The molecule has 3 aromatic rings. The Balaban J connectivity index is 1.33. The number of benzene rings is 1.